The molecule has 3 nitrogen and oxygen atoms in total. The molecule has 0 atom stereocenters. The molecule has 2 rings (SSSR count). The highest BCUT2D eigenvalue weighted by atomic mass is 15.3. The zero-order chi connectivity index (χ0) is 13.0. The van der Waals surface area contributed by atoms with E-state index in [0.717, 1.165) is 13.1 Å². The van der Waals surface area contributed by atoms with E-state index >= 15 is 0 Å². The Kier molecular flexibility index (Phi) is 4.15. The summed E-state index contributed by atoms with van der Waals surface area (Å²) in [6, 6.07) is 8.69. The third-order valence-electron chi connectivity index (χ3n) is 3.14. The van der Waals surface area contributed by atoms with E-state index in [1.165, 1.54) is 28.8 Å². The van der Waals surface area contributed by atoms with Crippen LogP contribution in [-0.4, -0.2) is 16.3 Å². The van der Waals surface area contributed by atoms with Crippen molar-refractivity contribution in [1.82, 2.24) is 15.1 Å². The van der Waals surface area contributed by atoms with Crippen LogP contribution in [0.25, 0.3) is 11.3 Å². The molecule has 1 N–H and O–H groups in total. The lowest BCUT2D eigenvalue weighted by atomic mass is 10.0. The molecule has 0 aliphatic rings. The quantitative estimate of drug-likeness (QED) is 0.818. The number of aryl methyl sites for hydroxylation is 2. The first kappa shape index (κ1) is 12.8. The second-order valence-electron chi connectivity index (χ2n) is 4.67. The summed E-state index contributed by atoms with van der Waals surface area (Å²) in [5.41, 5.74) is 5.07. The predicted octanol–water partition coefficient (Wildman–Crippen LogP) is 2.90. The first-order valence-corrected chi connectivity index (χ1v) is 6.51. The van der Waals surface area contributed by atoms with E-state index in [9.17, 15) is 0 Å². The molecule has 96 valence electrons. The van der Waals surface area contributed by atoms with Crippen LogP contribution in [0.2, 0.25) is 0 Å². The Morgan fingerprint density at radius 1 is 1.28 bits per heavy atom. The summed E-state index contributed by atoms with van der Waals surface area (Å²) in [4.78, 5) is 0. The molecule has 0 spiro atoms. The van der Waals surface area contributed by atoms with Crippen molar-refractivity contribution < 1.29 is 0 Å². The summed E-state index contributed by atoms with van der Waals surface area (Å²) in [5.74, 6) is 0. The summed E-state index contributed by atoms with van der Waals surface area (Å²) < 4.78 is 1.91. The van der Waals surface area contributed by atoms with Crippen molar-refractivity contribution in [3.05, 3.63) is 41.6 Å². The number of hydrogen-bond donors (Lipinski definition) is 1. The Morgan fingerprint density at radius 3 is 2.72 bits per heavy atom. The Labute approximate surface area is 109 Å². The monoisotopic (exact) mass is 243 g/mol. The highest BCUT2D eigenvalue weighted by molar-refractivity contribution is 5.64. The minimum atomic E-state index is 0.945. The highest BCUT2D eigenvalue weighted by Crippen LogP contribution is 2.23. The van der Waals surface area contributed by atoms with Gasteiger partial charge in [-0.25, -0.2) is 0 Å². The average molecular weight is 243 g/mol. The average Bonchev–Trinajstić information content (AvgIpc) is 2.76. The Bertz CT molecular complexity index is 514. The van der Waals surface area contributed by atoms with Gasteiger partial charge in [-0.15, -0.1) is 0 Å². The van der Waals surface area contributed by atoms with Crippen molar-refractivity contribution in [2.75, 3.05) is 6.54 Å². The lowest BCUT2D eigenvalue weighted by Gasteiger charge is -2.09. The van der Waals surface area contributed by atoms with Crippen molar-refractivity contribution >= 4 is 0 Å². The van der Waals surface area contributed by atoms with Crippen LogP contribution in [-0.2, 0) is 13.6 Å². The van der Waals surface area contributed by atoms with Gasteiger partial charge in [0, 0.05) is 25.4 Å². The molecule has 18 heavy (non-hydrogen) atoms. The van der Waals surface area contributed by atoms with Gasteiger partial charge in [0.1, 0.15) is 0 Å². The maximum Gasteiger partial charge on any atom is 0.0681 e. The first-order valence-electron chi connectivity index (χ1n) is 6.51. The van der Waals surface area contributed by atoms with Gasteiger partial charge >= 0.3 is 0 Å². The van der Waals surface area contributed by atoms with Gasteiger partial charge in [0.25, 0.3) is 0 Å². The van der Waals surface area contributed by atoms with Crippen molar-refractivity contribution in [2.24, 2.45) is 7.05 Å². The number of nitrogens with zero attached hydrogens (tertiary/aromatic N) is 2. The van der Waals surface area contributed by atoms with Gasteiger partial charge in [-0.1, -0.05) is 25.1 Å². The molecule has 2 aromatic rings. The highest BCUT2D eigenvalue weighted by Gasteiger charge is 2.06. The topological polar surface area (TPSA) is 29.9 Å². The molecule has 1 aromatic carbocycles. The van der Waals surface area contributed by atoms with Crippen LogP contribution >= 0.6 is 0 Å². The smallest absolute Gasteiger partial charge is 0.0681 e. The molecule has 0 saturated heterocycles. The van der Waals surface area contributed by atoms with E-state index in [-0.39, 0.29) is 0 Å². The predicted molar refractivity (Wildman–Crippen MR) is 75.4 cm³/mol. The second kappa shape index (κ2) is 5.83. The molecule has 0 radical (unpaired) electrons. The zero-order valence-electron chi connectivity index (χ0n) is 11.4. The minimum Gasteiger partial charge on any atom is -0.313 e. The van der Waals surface area contributed by atoms with E-state index in [0.29, 0.717) is 0 Å². The van der Waals surface area contributed by atoms with Crippen molar-refractivity contribution in [3.8, 4) is 11.3 Å². The standard InChI is InChI=1S/C15H21N3/c1-4-8-16-11-13-5-6-14(12(2)10-13)15-7-9-17-18(15)3/h5-7,9-10,16H,4,8,11H2,1-3H3. The molecular formula is C15H21N3. The van der Waals surface area contributed by atoms with Crippen LogP contribution in [0.3, 0.4) is 0 Å². The second-order valence-corrected chi connectivity index (χ2v) is 4.67. The molecule has 0 saturated carbocycles. The number of nitrogens with one attached hydrogen (secondary N) is 1. The molecule has 0 fully saturated rings. The molecule has 3 heteroatoms. The summed E-state index contributed by atoms with van der Waals surface area (Å²) >= 11 is 0. The van der Waals surface area contributed by atoms with E-state index in [1.807, 2.05) is 17.9 Å². The summed E-state index contributed by atoms with van der Waals surface area (Å²) in [7, 11) is 1.98. The normalized spacial score (nSPS) is 10.8. The first-order chi connectivity index (χ1) is 8.72. The van der Waals surface area contributed by atoms with Gasteiger partial charge in [-0.05, 0) is 37.1 Å². The number of benzene rings is 1. The third kappa shape index (κ3) is 2.79. The maximum atomic E-state index is 4.22. The molecule has 0 amide bonds. The van der Waals surface area contributed by atoms with Crippen molar-refractivity contribution in [2.45, 2.75) is 26.8 Å². The molecule has 0 aliphatic heterocycles. The molecule has 1 heterocycles. The molecular weight excluding hydrogens is 222 g/mol. The summed E-state index contributed by atoms with van der Waals surface area (Å²) in [6.45, 7) is 6.36. The van der Waals surface area contributed by atoms with E-state index < -0.39 is 0 Å². The van der Waals surface area contributed by atoms with Gasteiger partial charge in [-0.3, -0.25) is 4.68 Å². The fourth-order valence-corrected chi connectivity index (χ4v) is 2.17. The van der Waals surface area contributed by atoms with E-state index in [4.69, 9.17) is 0 Å². The van der Waals surface area contributed by atoms with Gasteiger partial charge in [0.05, 0.1) is 5.69 Å². The largest absolute Gasteiger partial charge is 0.313 e. The van der Waals surface area contributed by atoms with Gasteiger partial charge in [0.15, 0.2) is 0 Å². The fourth-order valence-electron chi connectivity index (χ4n) is 2.17. The van der Waals surface area contributed by atoms with Crippen LogP contribution in [0.15, 0.2) is 30.5 Å². The Balaban J connectivity index is 2.18. The van der Waals surface area contributed by atoms with Crippen molar-refractivity contribution in [1.29, 1.82) is 0 Å². The molecule has 0 aliphatic carbocycles. The Morgan fingerprint density at radius 2 is 2.11 bits per heavy atom. The lowest BCUT2D eigenvalue weighted by Crippen LogP contribution is -2.13. The summed E-state index contributed by atoms with van der Waals surface area (Å²) in [5, 5.41) is 7.65. The van der Waals surface area contributed by atoms with Crippen LogP contribution in [0.5, 0.6) is 0 Å². The fraction of sp³-hybridized carbons (Fsp3) is 0.400. The van der Waals surface area contributed by atoms with Gasteiger partial charge < -0.3 is 5.32 Å². The van der Waals surface area contributed by atoms with E-state index in [2.05, 4.69) is 48.5 Å². The maximum absolute atomic E-state index is 4.22. The van der Waals surface area contributed by atoms with Crippen LogP contribution in [0.1, 0.15) is 24.5 Å². The van der Waals surface area contributed by atoms with Gasteiger partial charge in [-0.2, -0.15) is 5.10 Å². The molecule has 0 bridgehead atoms. The zero-order valence-corrected chi connectivity index (χ0v) is 11.4. The number of hydrogen-bond acceptors (Lipinski definition) is 2. The van der Waals surface area contributed by atoms with Crippen molar-refractivity contribution in [3.63, 3.8) is 0 Å². The third-order valence-corrected chi connectivity index (χ3v) is 3.14. The van der Waals surface area contributed by atoms with Crippen LogP contribution < -0.4 is 5.32 Å². The van der Waals surface area contributed by atoms with Gasteiger partial charge in [0.2, 0.25) is 0 Å². The van der Waals surface area contributed by atoms with Crippen LogP contribution in [0, 0.1) is 6.92 Å². The number of aromatic nitrogens is 2. The Hall–Kier alpha value is -1.61. The minimum absolute atomic E-state index is 0.945. The lowest BCUT2D eigenvalue weighted by molar-refractivity contribution is 0.675. The molecule has 1 aromatic heterocycles. The SMILES string of the molecule is CCCNCc1ccc(-c2ccnn2C)c(C)c1. The number of rotatable bonds is 5. The van der Waals surface area contributed by atoms with E-state index in [1.54, 1.807) is 0 Å². The van der Waals surface area contributed by atoms with Crippen LogP contribution in [0.4, 0.5) is 0 Å². The molecule has 0 unspecified atom stereocenters. The summed E-state index contributed by atoms with van der Waals surface area (Å²) in [6.07, 6.45) is 3.01.